The van der Waals surface area contributed by atoms with Crippen LogP contribution in [0, 0.1) is 0 Å². The molecule has 0 spiro atoms. The molecule has 0 aromatic carbocycles. The zero-order valence-corrected chi connectivity index (χ0v) is 15.7. The number of nitrogens with zero attached hydrogens (tertiary/aromatic N) is 2. The Hall–Kier alpha value is -1.27. The maximum atomic E-state index is 12.0. The number of carbonyl (C=O) groups is 1. The van der Waals surface area contributed by atoms with E-state index in [0.717, 1.165) is 32.1 Å². The van der Waals surface area contributed by atoms with Gasteiger partial charge in [0.2, 0.25) is 5.28 Å². The van der Waals surface area contributed by atoms with Crippen LogP contribution in [0.3, 0.4) is 0 Å². The lowest BCUT2D eigenvalue weighted by Gasteiger charge is -2.25. The van der Waals surface area contributed by atoms with E-state index < -0.39 is 5.60 Å². The predicted octanol–water partition coefficient (Wildman–Crippen LogP) is 4.42. The number of hydrogen-bond acceptors (Lipinski definition) is 5. The van der Waals surface area contributed by atoms with Crippen molar-refractivity contribution in [2.75, 3.05) is 5.32 Å². The summed E-state index contributed by atoms with van der Waals surface area (Å²) in [6.07, 6.45) is 5.90. The Morgan fingerprint density at radius 2 is 1.92 bits per heavy atom. The van der Waals surface area contributed by atoms with Gasteiger partial charge in [0.15, 0.2) is 0 Å². The number of nitrogens with one attached hydrogen (secondary N) is 2. The number of anilines is 1. The smallest absolute Gasteiger partial charge is 0.407 e. The van der Waals surface area contributed by atoms with E-state index in [-0.39, 0.29) is 23.5 Å². The minimum absolute atomic E-state index is 0.0518. The second-order valence-corrected chi connectivity index (χ2v) is 7.79. The molecule has 1 aromatic heterocycles. The maximum Gasteiger partial charge on any atom is 0.407 e. The normalized spacial score (nSPS) is 21.7. The van der Waals surface area contributed by atoms with Gasteiger partial charge in [0.25, 0.3) is 0 Å². The average molecular weight is 375 g/mol. The third kappa shape index (κ3) is 6.32. The molecule has 1 saturated carbocycles. The van der Waals surface area contributed by atoms with Gasteiger partial charge in [0.1, 0.15) is 16.4 Å². The first-order chi connectivity index (χ1) is 11.2. The Labute approximate surface area is 152 Å². The third-order valence-corrected chi connectivity index (χ3v) is 4.16. The number of carbonyl (C=O) groups excluding carboxylic acids is 1. The number of amides is 1. The van der Waals surface area contributed by atoms with Gasteiger partial charge < -0.3 is 15.4 Å². The second kappa shape index (κ2) is 8.21. The number of halogens is 2. The molecular formula is C16H24Cl2N4O2. The van der Waals surface area contributed by atoms with Gasteiger partial charge in [-0.15, -0.1) is 0 Å². The van der Waals surface area contributed by atoms with Crippen LogP contribution in [-0.2, 0) is 4.74 Å². The van der Waals surface area contributed by atoms with Crippen molar-refractivity contribution < 1.29 is 9.53 Å². The Morgan fingerprint density at radius 3 is 2.58 bits per heavy atom. The first kappa shape index (κ1) is 19.1. The molecule has 1 aliphatic rings. The summed E-state index contributed by atoms with van der Waals surface area (Å²) in [6.45, 7) is 5.56. The van der Waals surface area contributed by atoms with Gasteiger partial charge in [0, 0.05) is 12.1 Å². The topological polar surface area (TPSA) is 76.1 Å². The molecule has 1 heterocycles. The highest BCUT2D eigenvalue weighted by Gasteiger charge is 2.25. The molecule has 0 unspecified atom stereocenters. The van der Waals surface area contributed by atoms with E-state index in [1.54, 1.807) is 0 Å². The lowest BCUT2D eigenvalue weighted by atomic mass is 10.1. The Balaban J connectivity index is 1.96. The summed E-state index contributed by atoms with van der Waals surface area (Å²) in [5.74, 6) is 0.527. The molecule has 24 heavy (non-hydrogen) atoms. The molecule has 8 heteroatoms. The summed E-state index contributed by atoms with van der Waals surface area (Å²) in [5.41, 5.74) is -0.502. The SMILES string of the molecule is CC(C)(C)OC(=O)N[C@H]1CCCC[C@@H](Nc2nc(Cl)ncc2Cl)C1. The van der Waals surface area contributed by atoms with Crippen molar-refractivity contribution in [3.63, 3.8) is 0 Å². The van der Waals surface area contributed by atoms with Crippen molar-refractivity contribution in [2.24, 2.45) is 0 Å². The summed E-state index contributed by atoms with van der Waals surface area (Å²) in [4.78, 5) is 20.0. The van der Waals surface area contributed by atoms with E-state index in [0.29, 0.717) is 10.8 Å². The van der Waals surface area contributed by atoms with E-state index in [4.69, 9.17) is 27.9 Å². The maximum absolute atomic E-state index is 12.0. The number of alkyl carbamates (subject to hydrolysis) is 1. The minimum atomic E-state index is -0.502. The van der Waals surface area contributed by atoms with E-state index in [1.807, 2.05) is 20.8 Å². The quantitative estimate of drug-likeness (QED) is 0.604. The monoisotopic (exact) mass is 374 g/mol. The lowest BCUT2D eigenvalue weighted by molar-refractivity contribution is 0.0499. The van der Waals surface area contributed by atoms with Crippen LogP contribution in [-0.4, -0.2) is 33.7 Å². The Bertz CT molecular complexity index is 578. The van der Waals surface area contributed by atoms with Crippen LogP contribution in [0.1, 0.15) is 52.9 Å². The second-order valence-electron chi connectivity index (χ2n) is 7.04. The molecule has 0 aliphatic heterocycles. The molecular weight excluding hydrogens is 351 g/mol. The third-order valence-electron chi connectivity index (χ3n) is 3.70. The summed E-state index contributed by atoms with van der Waals surface area (Å²) in [5, 5.41) is 6.87. The summed E-state index contributed by atoms with van der Waals surface area (Å²) >= 11 is 11.9. The van der Waals surface area contributed by atoms with Gasteiger partial charge in [-0.1, -0.05) is 24.4 Å². The largest absolute Gasteiger partial charge is 0.444 e. The van der Waals surface area contributed by atoms with Crippen molar-refractivity contribution in [3.8, 4) is 0 Å². The zero-order valence-electron chi connectivity index (χ0n) is 14.2. The summed E-state index contributed by atoms with van der Waals surface area (Å²) < 4.78 is 5.34. The van der Waals surface area contributed by atoms with Crippen molar-refractivity contribution in [1.82, 2.24) is 15.3 Å². The average Bonchev–Trinajstić information content (AvgIpc) is 2.66. The summed E-state index contributed by atoms with van der Waals surface area (Å²) in [7, 11) is 0. The first-order valence-corrected chi connectivity index (χ1v) is 8.92. The molecule has 6 nitrogen and oxygen atoms in total. The number of ether oxygens (including phenoxy) is 1. The highest BCUT2D eigenvalue weighted by atomic mass is 35.5. The molecule has 2 rings (SSSR count). The van der Waals surface area contributed by atoms with E-state index in [2.05, 4.69) is 20.6 Å². The fourth-order valence-electron chi connectivity index (χ4n) is 2.74. The molecule has 134 valence electrons. The number of hydrogen-bond donors (Lipinski definition) is 2. The number of aromatic nitrogens is 2. The fraction of sp³-hybridized carbons (Fsp3) is 0.688. The number of rotatable bonds is 3. The zero-order chi connectivity index (χ0) is 17.7. The van der Waals surface area contributed by atoms with Crippen LogP contribution in [0.15, 0.2) is 6.20 Å². The highest BCUT2D eigenvalue weighted by molar-refractivity contribution is 6.33. The van der Waals surface area contributed by atoms with Crippen molar-refractivity contribution in [3.05, 3.63) is 16.5 Å². The standard InChI is InChI=1S/C16H24Cl2N4O2/c1-16(2,3)24-15(23)21-11-7-5-4-6-10(8-11)20-13-12(17)9-19-14(18)22-13/h9-11H,4-8H2,1-3H3,(H,21,23)(H,19,20,22)/t10-,11+/m1/s1. The van der Waals surface area contributed by atoms with Gasteiger partial charge in [-0.25, -0.2) is 9.78 Å². The highest BCUT2D eigenvalue weighted by Crippen LogP contribution is 2.25. The van der Waals surface area contributed by atoms with Crippen LogP contribution in [0.4, 0.5) is 10.6 Å². The van der Waals surface area contributed by atoms with Crippen LogP contribution in [0.5, 0.6) is 0 Å². The Kier molecular flexibility index (Phi) is 6.52. The van der Waals surface area contributed by atoms with Gasteiger partial charge in [-0.2, -0.15) is 4.98 Å². The fourth-order valence-corrected chi connectivity index (χ4v) is 3.02. The molecule has 0 bridgehead atoms. The van der Waals surface area contributed by atoms with Gasteiger partial charge in [-0.3, -0.25) is 0 Å². The molecule has 0 radical (unpaired) electrons. The van der Waals surface area contributed by atoms with E-state index >= 15 is 0 Å². The molecule has 0 saturated heterocycles. The predicted molar refractivity (Wildman–Crippen MR) is 95.7 cm³/mol. The molecule has 1 fully saturated rings. The van der Waals surface area contributed by atoms with Crippen molar-refractivity contribution in [1.29, 1.82) is 0 Å². The van der Waals surface area contributed by atoms with E-state index in [9.17, 15) is 4.79 Å². The minimum Gasteiger partial charge on any atom is -0.444 e. The van der Waals surface area contributed by atoms with E-state index in [1.165, 1.54) is 6.20 Å². The van der Waals surface area contributed by atoms with Crippen LogP contribution in [0.25, 0.3) is 0 Å². The van der Waals surface area contributed by atoms with Crippen LogP contribution < -0.4 is 10.6 Å². The molecule has 2 atom stereocenters. The lowest BCUT2D eigenvalue weighted by Crippen LogP contribution is -2.41. The summed E-state index contributed by atoms with van der Waals surface area (Å²) in [6, 6.07) is 0.201. The molecule has 1 aromatic rings. The van der Waals surface area contributed by atoms with Gasteiger partial charge >= 0.3 is 6.09 Å². The molecule has 1 amide bonds. The van der Waals surface area contributed by atoms with Crippen LogP contribution >= 0.6 is 23.2 Å². The van der Waals surface area contributed by atoms with Gasteiger partial charge in [-0.05, 0) is 51.6 Å². The van der Waals surface area contributed by atoms with Crippen LogP contribution in [0.2, 0.25) is 10.3 Å². The van der Waals surface area contributed by atoms with Crippen molar-refractivity contribution >= 4 is 35.1 Å². The van der Waals surface area contributed by atoms with Gasteiger partial charge in [0.05, 0.1) is 6.20 Å². The first-order valence-electron chi connectivity index (χ1n) is 8.17. The van der Waals surface area contributed by atoms with Crippen molar-refractivity contribution in [2.45, 2.75) is 70.6 Å². The molecule has 1 aliphatic carbocycles. The Morgan fingerprint density at radius 1 is 1.25 bits per heavy atom. The molecule has 2 N–H and O–H groups in total.